The van der Waals surface area contributed by atoms with Gasteiger partial charge in [-0.3, -0.25) is 10.1 Å². The first-order valence-electron chi connectivity index (χ1n) is 7.16. The molecular weight excluding hydrogens is 294 g/mol. The molecule has 0 saturated heterocycles. The summed E-state index contributed by atoms with van der Waals surface area (Å²) in [5.41, 5.74) is 7.52. The SMILES string of the molecule is COc1cccc(CCNC(=O)NC(=O)c2ccc(N)cc2)c1. The second-order valence-electron chi connectivity index (χ2n) is 4.93. The van der Waals surface area contributed by atoms with Gasteiger partial charge in [0, 0.05) is 17.8 Å². The molecule has 4 N–H and O–H groups in total. The maximum atomic E-state index is 11.9. The van der Waals surface area contributed by atoms with Gasteiger partial charge in [0.15, 0.2) is 0 Å². The average molecular weight is 313 g/mol. The standard InChI is InChI=1S/C17H19N3O3/c1-23-15-4-2-3-12(11-15)9-10-19-17(22)20-16(21)13-5-7-14(18)8-6-13/h2-8,11H,9-10,18H2,1H3,(H2,19,20,21,22). The van der Waals surface area contributed by atoms with Crippen molar-refractivity contribution in [1.29, 1.82) is 0 Å². The van der Waals surface area contributed by atoms with Crippen molar-refractivity contribution in [3.05, 3.63) is 59.7 Å². The van der Waals surface area contributed by atoms with Gasteiger partial charge in [0.2, 0.25) is 0 Å². The lowest BCUT2D eigenvalue weighted by Gasteiger charge is -2.08. The minimum atomic E-state index is -0.533. The summed E-state index contributed by atoms with van der Waals surface area (Å²) >= 11 is 0. The van der Waals surface area contributed by atoms with Crippen LogP contribution in [-0.4, -0.2) is 25.6 Å². The molecule has 0 bridgehead atoms. The first kappa shape index (κ1) is 16.4. The van der Waals surface area contributed by atoms with E-state index >= 15 is 0 Å². The van der Waals surface area contributed by atoms with Gasteiger partial charge < -0.3 is 15.8 Å². The normalized spacial score (nSPS) is 9.96. The van der Waals surface area contributed by atoms with Crippen LogP contribution >= 0.6 is 0 Å². The van der Waals surface area contributed by atoms with Crippen LogP contribution in [0, 0.1) is 0 Å². The number of imide groups is 1. The highest BCUT2D eigenvalue weighted by Crippen LogP contribution is 2.12. The highest BCUT2D eigenvalue weighted by Gasteiger charge is 2.09. The third-order valence-electron chi connectivity index (χ3n) is 3.23. The molecule has 0 radical (unpaired) electrons. The zero-order valence-corrected chi connectivity index (χ0v) is 12.8. The molecule has 0 heterocycles. The number of nitrogens with two attached hydrogens (primary N) is 1. The summed E-state index contributed by atoms with van der Waals surface area (Å²) in [7, 11) is 1.60. The molecule has 0 unspecified atom stereocenters. The van der Waals surface area contributed by atoms with Crippen LogP contribution < -0.4 is 21.1 Å². The number of hydrogen-bond acceptors (Lipinski definition) is 4. The Bertz CT molecular complexity index is 684. The summed E-state index contributed by atoms with van der Waals surface area (Å²) in [5, 5.41) is 4.91. The first-order valence-corrected chi connectivity index (χ1v) is 7.16. The summed E-state index contributed by atoms with van der Waals surface area (Å²) in [5.74, 6) is 0.300. The van der Waals surface area contributed by atoms with Gasteiger partial charge >= 0.3 is 6.03 Å². The Morgan fingerprint density at radius 3 is 2.57 bits per heavy atom. The lowest BCUT2D eigenvalue weighted by atomic mass is 10.1. The Balaban J connectivity index is 1.78. The van der Waals surface area contributed by atoms with E-state index < -0.39 is 11.9 Å². The van der Waals surface area contributed by atoms with Crippen molar-refractivity contribution in [3.8, 4) is 5.75 Å². The van der Waals surface area contributed by atoms with Crippen LogP contribution in [0.4, 0.5) is 10.5 Å². The Labute approximate surface area is 134 Å². The number of rotatable bonds is 5. The van der Waals surface area contributed by atoms with Crippen molar-refractivity contribution in [3.63, 3.8) is 0 Å². The quantitative estimate of drug-likeness (QED) is 0.736. The van der Waals surface area contributed by atoms with Crippen LogP contribution in [0.1, 0.15) is 15.9 Å². The summed E-state index contributed by atoms with van der Waals surface area (Å²) in [6, 6.07) is 13.4. The number of nitrogens with one attached hydrogen (secondary N) is 2. The van der Waals surface area contributed by atoms with Crippen molar-refractivity contribution in [1.82, 2.24) is 10.6 Å². The van der Waals surface area contributed by atoms with Crippen LogP contribution in [0.5, 0.6) is 5.75 Å². The number of anilines is 1. The van der Waals surface area contributed by atoms with Crippen molar-refractivity contribution in [2.45, 2.75) is 6.42 Å². The maximum absolute atomic E-state index is 11.9. The average Bonchev–Trinajstić information content (AvgIpc) is 2.55. The van der Waals surface area contributed by atoms with Gasteiger partial charge in [-0.05, 0) is 48.4 Å². The number of urea groups is 1. The van der Waals surface area contributed by atoms with Gasteiger partial charge in [-0.1, -0.05) is 12.1 Å². The third kappa shape index (κ3) is 5.03. The number of ether oxygens (including phenoxy) is 1. The second-order valence-corrected chi connectivity index (χ2v) is 4.93. The predicted octanol–water partition coefficient (Wildman–Crippen LogP) is 1.96. The van der Waals surface area contributed by atoms with Gasteiger partial charge in [0.05, 0.1) is 7.11 Å². The fourth-order valence-electron chi connectivity index (χ4n) is 2.00. The van der Waals surface area contributed by atoms with Crippen LogP contribution in [0.2, 0.25) is 0 Å². The second kappa shape index (κ2) is 7.84. The van der Waals surface area contributed by atoms with Crippen molar-refractivity contribution in [2.24, 2.45) is 0 Å². The topological polar surface area (TPSA) is 93.5 Å². The molecule has 0 fully saturated rings. The molecule has 2 aromatic carbocycles. The van der Waals surface area contributed by atoms with E-state index in [2.05, 4.69) is 10.6 Å². The molecule has 0 aliphatic heterocycles. The molecule has 0 spiro atoms. The zero-order chi connectivity index (χ0) is 16.7. The van der Waals surface area contributed by atoms with E-state index in [9.17, 15) is 9.59 Å². The Morgan fingerprint density at radius 2 is 1.87 bits per heavy atom. The molecule has 0 saturated carbocycles. The van der Waals surface area contributed by atoms with Crippen LogP contribution in [0.25, 0.3) is 0 Å². The molecule has 0 atom stereocenters. The molecule has 120 valence electrons. The van der Waals surface area contributed by atoms with Gasteiger partial charge in [-0.2, -0.15) is 0 Å². The highest BCUT2D eigenvalue weighted by atomic mass is 16.5. The monoisotopic (exact) mass is 313 g/mol. The van der Waals surface area contributed by atoms with Gasteiger partial charge in [0.1, 0.15) is 5.75 Å². The van der Waals surface area contributed by atoms with E-state index in [1.165, 1.54) is 0 Å². The molecule has 3 amide bonds. The van der Waals surface area contributed by atoms with Gasteiger partial charge in [-0.15, -0.1) is 0 Å². The lowest BCUT2D eigenvalue weighted by Crippen LogP contribution is -2.40. The first-order chi connectivity index (χ1) is 11.1. The minimum absolute atomic E-state index is 0.377. The molecule has 0 aliphatic carbocycles. The Morgan fingerprint density at radius 1 is 1.13 bits per heavy atom. The lowest BCUT2D eigenvalue weighted by molar-refractivity contribution is 0.0964. The maximum Gasteiger partial charge on any atom is 0.321 e. The Kier molecular flexibility index (Phi) is 5.57. The van der Waals surface area contributed by atoms with E-state index in [4.69, 9.17) is 10.5 Å². The van der Waals surface area contributed by atoms with E-state index in [0.29, 0.717) is 24.2 Å². The fourth-order valence-corrected chi connectivity index (χ4v) is 2.00. The largest absolute Gasteiger partial charge is 0.497 e. The van der Waals surface area contributed by atoms with Crippen LogP contribution in [0.3, 0.4) is 0 Å². The van der Waals surface area contributed by atoms with Gasteiger partial charge in [0.25, 0.3) is 5.91 Å². The van der Waals surface area contributed by atoms with Crippen LogP contribution in [-0.2, 0) is 6.42 Å². The molecular formula is C17H19N3O3. The number of hydrogen-bond donors (Lipinski definition) is 3. The number of nitrogen functional groups attached to an aromatic ring is 1. The van der Waals surface area contributed by atoms with E-state index in [0.717, 1.165) is 11.3 Å². The molecule has 23 heavy (non-hydrogen) atoms. The van der Waals surface area contributed by atoms with E-state index in [1.807, 2.05) is 24.3 Å². The van der Waals surface area contributed by atoms with Crippen molar-refractivity contribution in [2.75, 3.05) is 19.4 Å². The van der Waals surface area contributed by atoms with Crippen LogP contribution in [0.15, 0.2) is 48.5 Å². The number of carbonyl (C=O) groups is 2. The molecule has 0 aliphatic rings. The fraction of sp³-hybridized carbons (Fsp3) is 0.176. The van der Waals surface area contributed by atoms with Crippen molar-refractivity contribution < 1.29 is 14.3 Å². The highest BCUT2D eigenvalue weighted by molar-refractivity contribution is 6.04. The van der Waals surface area contributed by atoms with E-state index in [1.54, 1.807) is 31.4 Å². The summed E-state index contributed by atoms with van der Waals surface area (Å²) in [6.07, 6.45) is 0.640. The summed E-state index contributed by atoms with van der Waals surface area (Å²) in [4.78, 5) is 23.6. The molecule has 6 nitrogen and oxygen atoms in total. The smallest absolute Gasteiger partial charge is 0.321 e. The number of methoxy groups -OCH3 is 1. The number of amides is 3. The molecule has 0 aromatic heterocycles. The number of carbonyl (C=O) groups excluding carboxylic acids is 2. The van der Waals surface area contributed by atoms with Gasteiger partial charge in [-0.25, -0.2) is 4.79 Å². The predicted molar refractivity (Wildman–Crippen MR) is 88.4 cm³/mol. The minimum Gasteiger partial charge on any atom is -0.497 e. The number of benzene rings is 2. The third-order valence-corrected chi connectivity index (χ3v) is 3.23. The molecule has 2 rings (SSSR count). The van der Waals surface area contributed by atoms with Crippen molar-refractivity contribution >= 4 is 17.6 Å². The molecule has 6 heteroatoms. The molecule has 2 aromatic rings. The Hall–Kier alpha value is -3.02. The zero-order valence-electron chi connectivity index (χ0n) is 12.8. The van der Waals surface area contributed by atoms with E-state index in [-0.39, 0.29) is 0 Å². The summed E-state index contributed by atoms with van der Waals surface area (Å²) in [6.45, 7) is 0.411. The summed E-state index contributed by atoms with van der Waals surface area (Å²) < 4.78 is 5.14.